The van der Waals surface area contributed by atoms with Gasteiger partial charge in [-0.15, -0.1) is 0 Å². The Morgan fingerprint density at radius 3 is 2.90 bits per heavy atom. The summed E-state index contributed by atoms with van der Waals surface area (Å²) < 4.78 is 5.13. The van der Waals surface area contributed by atoms with Crippen LogP contribution < -0.4 is 5.32 Å². The van der Waals surface area contributed by atoms with Crippen molar-refractivity contribution in [2.24, 2.45) is 0 Å². The number of halogens is 1. The summed E-state index contributed by atoms with van der Waals surface area (Å²) in [5.41, 5.74) is 0.399. The van der Waals surface area contributed by atoms with Gasteiger partial charge < -0.3 is 9.84 Å². The fourth-order valence-electron chi connectivity index (χ4n) is 1.61. The maximum atomic E-state index is 10.6. The van der Waals surface area contributed by atoms with Crippen LogP contribution in [0.5, 0.6) is 0 Å². The van der Waals surface area contributed by atoms with Crippen molar-refractivity contribution in [2.45, 2.75) is 19.4 Å². The first kappa shape index (κ1) is 14.4. The zero-order chi connectivity index (χ0) is 14.7. The predicted octanol–water partition coefficient (Wildman–Crippen LogP) is 2.45. The largest absolute Gasteiger partial charge is 0.334 e. The molecule has 0 fully saturated rings. The zero-order valence-electron chi connectivity index (χ0n) is 11.0. The van der Waals surface area contributed by atoms with Gasteiger partial charge in [-0.2, -0.15) is 4.98 Å². The summed E-state index contributed by atoms with van der Waals surface area (Å²) in [6.45, 7) is 1.99. The van der Waals surface area contributed by atoms with Crippen LogP contribution in [-0.2, 0) is 6.42 Å². The number of hydrogen-bond acceptors (Lipinski definition) is 6. The van der Waals surface area contributed by atoms with E-state index in [9.17, 15) is 10.1 Å². The minimum absolute atomic E-state index is 0.0812. The van der Waals surface area contributed by atoms with Crippen LogP contribution in [0.1, 0.15) is 12.7 Å². The monoisotopic (exact) mass is 296 g/mol. The smallest absolute Gasteiger partial charge is 0.270 e. The van der Waals surface area contributed by atoms with Crippen LogP contribution >= 0.6 is 11.6 Å². The average molecular weight is 297 g/mol. The van der Waals surface area contributed by atoms with Gasteiger partial charge in [-0.25, -0.2) is 0 Å². The van der Waals surface area contributed by atoms with E-state index >= 15 is 0 Å². The molecular formula is C12H13ClN4O3. The van der Waals surface area contributed by atoms with E-state index < -0.39 is 4.92 Å². The molecule has 1 aromatic carbocycles. The summed E-state index contributed by atoms with van der Waals surface area (Å²) in [5.74, 6) is 0.805. The summed E-state index contributed by atoms with van der Waals surface area (Å²) >= 11 is 6.01. The Morgan fingerprint density at radius 1 is 1.55 bits per heavy atom. The topological polar surface area (TPSA) is 94.1 Å². The number of nitrogens with zero attached hydrogens (tertiary/aromatic N) is 3. The average Bonchev–Trinajstić information content (AvgIpc) is 2.86. The molecule has 0 aliphatic carbocycles. The molecule has 1 N–H and O–H groups in total. The number of non-ortho nitro benzene ring substituents is 1. The summed E-state index contributed by atoms with van der Waals surface area (Å²) in [6.07, 6.45) is 0.616. The first-order valence-electron chi connectivity index (χ1n) is 5.95. The van der Waals surface area contributed by atoms with Crippen molar-refractivity contribution in [3.63, 3.8) is 0 Å². The lowest BCUT2D eigenvalue weighted by Gasteiger charge is -2.04. The van der Waals surface area contributed by atoms with Crippen LogP contribution in [0.3, 0.4) is 0 Å². The maximum absolute atomic E-state index is 10.6. The van der Waals surface area contributed by atoms with Crippen LogP contribution in [0.4, 0.5) is 5.69 Å². The number of hydrogen-bond donors (Lipinski definition) is 1. The van der Waals surface area contributed by atoms with Crippen molar-refractivity contribution >= 4 is 17.3 Å². The van der Waals surface area contributed by atoms with Gasteiger partial charge >= 0.3 is 0 Å². The number of nitro groups is 1. The van der Waals surface area contributed by atoms with Gasteiger partial charge in [0.2, 0.25) is 0 Å². The number of benzene rings is 1. The maximum Gasteiger partial charge on any atom is 0.270 e. The molecule has 2 aromatic rings. The van der Waals surface area contributed by atoms with Gasteiger partial charge in [-0.3, -0.25) is 10.1 Å². The lowest BCUT2D eigenvalue weighted by molar-refractivity contribution is -0.384. The Hall–Kier alpha value is -1.99. The second-order valence-electron chi connectivity index (χ2n) is 4.33. The second-order valence-corrected chi connectivity index (χ2v) is 4.74. The normalized spacial score (nSPS) is 12.3. The molecule has 1 unspecified atom stereocenters. The molecule has 1 atom stereocenters. The number of aromatic nitrogens is 2. The summed E-state index contributed by atoms with van der Waals surface area (Å²) in [7, 11) is 1.85. The van der Waals surface area contributed by atoms with Gasteiger partial charge in [0.1, 0.15) is 0 Å². The van der Waals surface area contributed by atoms with E-state index in [4.69, 9.17) is 16.1 Å². The number of rotatable bonds is 5. The molecule has 1 aromatic heterocycles. The van der Waals surface area contributed by atoms with Crippen LogP contribution in [0, 0.1) is 10.1 Å². The molecule has 20 heavy (non-hydrogen) atoms. The Labute approximate surface area is 120 Å². The van der Waals surface area contributed by atoms with Crippen molar-refractivity contribution in [2.75, 3.05) is 7.05 Å². The number of nitro benzene ring substituents is 1. The fourth-order valence-corrected chi connectivity index (χ4v) is 1.87. The highest BCUT2D eigenvalue weighted by molar-refractivity contribution is 6.33. The minimum Gasteiger partial charge on any atom is -0.334 e. The second kappa shape index (κ2) is 5.98. The summed E-state index contributed by atoms with van der Waals surface area (Å²) in [6, 6.07) is 4.32. The predicted molar refractivity (Wildman–Crippen MR) is 73.6 cm³/mol. The van der Waals surface area contributed by atoms with E-state index in [2.05, 4.69) is 15.5 Å². The standard InChI is InChI=1S/C12H13ClN4O3/c1-7(14-2)5-11-15-12(20-16-11)9-4-3-8(17(18)19)6-10(9)13/h3-4,6-7,14H,5H2,1-2H3. The molecular weight excluding hydrogens is 284 g/mol. The van der Waals surface area contributed by atoms with Crippen molar-refractivity contribution in [3.8, 4) is 11.5 Å². The molecule has 1 heterocycles. The van der Waals surface area contributed by atoms with Gasteiger partial charge in [-0.1, -0.05) is 16.8 Å². The van der Waals surface area contributed by atoms with Crippen LogP contribution in [-0.4, -0.2) is 28.2 Å². The van der Waals surface area contributed by atoms with E-state index in [0.717, 1.165) is 0 Å². The van der Waals surface area contributed by atoms with E-state index in [1.807, 2.05) is 14.0 Å². The first-order valence-corrected chi connectivity index (χ1v) is 6.33. The van der Waals surface area contributed by atoms with Crippen molar-refractivity contribution in [3.05, 3.63) is 39.2 Å². The van der Waals surface area contributed by atoms with E-state index in [1.165, 1.54) is 18.2 Å². The van der Waals surface area contributed by atoms with Gasteiger partial charge in [0.05, 0.1) is 15.5 Å². The Kier molecular flexibility index (Phi) is 4.31. The third-order valence-corrected chi connectivity index (χ3v) is 3.16. The van der Waals surface area contributed by atoms with E-state index in [-0.39, 0.29) is 22.6 Å². The van der Waals surface area contributed by atoms with Gasteiger partial charge in [0.25, 0.3) is 11.6 Å². The van der Waals surface area contributed by atoms with Gasteiger partial charge in [0, 0.05) is 24.6 Å². The lowest BCUT2D eigenvalue weighted by Crippen LogP contribution is -2.24. The molecule has 106 valence electrons. The molecule has 0 bridgehead atoms. The quantitative estimate of drug-likeness (QED) is 0.673. The molecule has 0 saturated carbocycles. The molecule has 0 saturated heterocycles. The Bertz CT molecular complexity index is 629. The molecule has 0 aliphatic rings. The van der Waals surface area contributed by atoms with Gasteiger partial charge in [-0.05, 0) is 20.0 Å². The molecule has 0 radical (unpaired) electrons. The molecule has 0 amide bonds. The molecule has 0 spiro atoms. The Balaban J connectivity index is 2.26. The lowest BCUT2D eigenvalue weighted by atomic mass is 10.2. The number of nitrogens with one attached hydrogen (secondary N) is 1. The highest BCUT2D eigenvalue weighted by Crippen LogP contribution is 2.30. The highest BCUT2D eigenvalue weighted by atomic mass is 35.5. The molecule has 2 rings (SSSR count). The minimum atomic E-state index is -0.510. The van der Waals surface area contributed by atoms with E-state index in [0.29, 0.717) is 17.8 Å². The van der Waals surface area contributed by atoms with E-state index in [1.54, 1.807) is 0 Å². The van der Waals surface area contributed by atoms with Crippen LogP contribution in [0.25, 0.3) is 11.5 Å². The highest BCUT2D eigenvalue weighted by Gasteiger charge is 2.16. The number of likely N-dealkylation sites (N-methyl/N-ethyl adjacent to an activating group) is 1. The summed E-state index contributed by atoms with van der Waals surface area (Å²) in [5, 5.41) is 17.8. The summed E-state index contributed by atoms with van der Waals surface area (Å²) in [4.78, 5) is 14.4. The SMILES string of the molecule is CNC(C)Cc1noc(-c2ccc([N+](=O)[O-])cc2Cl)n1. The third kappa shape index (κ3) is 3.12. The van der Waals surface area contributed by atoms with Crippen molar-refractivity contribution < 1.29 is 9.45 Å². The zero-order valence-corrected chi connectivity index (χ0v) is 11.7. The fraction of sp³-hybridized carbons (Fsp3) is 0.333. The van der Waals surface area contributed by atoms with Gasteiger partial charge in [0.15, 0.2) is 5.82 Å². The van der Waals surface area contributed by atoms with Crippen LogP contribution in [0.15, 0.2) is 22.7 Å². The van der Waals surface area contributed by atoms with Crippen molar-refractivity contribution in [1.82, 2.24) is 15.5 Å². The molecule has 0 aliphatic heterocycles. The van der Waals surface area contributed by atoms with Crippen molar-refractivity contribution in [1.29, 1.82) is 0 Å². The molecule has 7 nitrogen and oxygen atoms in total. The third-order valence-electron chi connectivity index (χ3n) is 2.84. The van der Waals surface area contributed by atoms with Crippen LogP contribution in [0.2, 0.25) is 5.02 Å². The Morgan fingerprint density at radius 2 is 2.30 bits per heavy atom. The first-order chi connectivity index (χ1) is 9.51. The molecule has 8 heteroatoms.